The first-order valence-electron chi connectivity index (χ1n) is 6.89. The van der Waals surface area contributed by atoms with Gasteiger partial charge in [0.25, 0.3) is 0 Å². The van der Waals surface area contributed by atoms with Gasteiger partial charge in [-0.25, -0.2) is 0 Å². The maximum absolute atomic E-state index is 6.03. The standard InChI is InChI=1S/C15H19N3O3/c1-18-15(16)12(8-17-18)10-3-4-13(19-2)14(7-10)21-11-5-6-20-9-11/h3-4,7-8,11H,5-6,9,16H2,1-2H3. The van der Waals surface area contributed by atoms with Gasteiger partial charge in [-0.3, -0.25) is 4.68 Å². The minimum Gasteiger partial charge on any atom is -0.493 e. The van der Waals surface area contributed by atoms with E-state index in [9.17, 15) is 0 Å². The number of benzene rings is 1. The van der Waals surface area contributed by atoms with E-state index in [4.69, 9.17) is 19.9 Å². The zero-order valence-corrected chi connectivity index (χ0v) is 12.2. The summed E-state index contributed by atoms with van der Waals surface area (Å²) in [6, 6.07) is 5.77. The number of methoxy groups -OCH3 is 1. The highest BCUT2D eigenvalue weighted by Crippen LogP contribution is 2.35. The molecule has 2 N–H and O–H groups in total. The molecule has 0 radical (unpaired) electrons. The molecule has 1 aliphatic rings. The van der Waals surface area contributed by atoms with Crippen LogP contribution >= 0.6 is 0 Å². The van der Waals surface area contributed by atoms with Crippen molar-refractivity contribution in [3.8, 4) is 22.6 Å². The van der Waals surface area contributed by atoms with E-state index in [1.54, 1.807) is 18.0 Å². The normalized spacial score (nSPS) is 17.9. The molecule has 2 aromatic rings. The molecule has 0 amide bonds. The Kier molecular flexibility index (Phi) is 3.70. The van der Waals surface area contributed by atoms with Crippen LogP contribution in [-0.4, -0.2) is 36.2 Å². The summed E-state index contributed by atoms with van der Waals surface area (Å²) >= 11 is 0. The number of hydrogen-bond acceptors (Lipinski definition) is 5. The molecule has 0 saturated carbocycles. The number of nitrogens with two attached hydrogens (primary N) is 1. The fraction of sp³-hybridized carbons (Fsp3) is 0.400. The van der Waals surface area contributed by atoms with Crippen molar-refractivity contribution in [3.05, 3.63) is 24.4 Å². The highest BCUT2D eigenvalue weighted by molar-refractivity contribution is 5.75. The highest BCUT2D eigenvalue weighted by Gasteiger charge is 2.20. The Bertz CT molecular complexity index is 633. The monoisotopic (exact) mass is 289 g/mol. The van der Waals surface area contributed by atoms with Crippen molar-refractivity contribution in [3.63, 3.8) is 0 Å². The third kappa shape index (κ3) is 2.67. The fourth-order valence-electron chi connectivity index (χ4n) is 2.39. The van der Waals surface area contributed by atoms with Crippen LogP contribution in [0.1, 0.15) is 6.42 Å². The Labute approximate surface area is 123 Å². The SMILES string of the molecule is COc1ccc(-c2cnn(C)c2N)cc1OC1CCOC1. The number of aromatic nitrogens is 2. The second-order valence-electron chi connectivity index (χ2n) is 5.04. The second-order valence-corrected chi connectivity index (χ2v) is 5.04. The van der Waals surface area contributed by atoms with Gasteiger partial charge in [0.05, 0.1) is 26.5 Å². The van der Waals surface area contributed by atoms with E-state index in [1.807, 2.05) is 25.2 Å². The molecule has 1 aliphatic heterocycles. The number of rotatable bonds is 4. The van der Waals surface area contributed by atoms with E-state index < -0.39 is 0 Å². The van der Waals surface area contributed by atoms with Gasteiger partial charge in [0.2, 0.25) is 0 Å². The lowest BCUT2D eigenvalue weighted by Gasteiger charge is -2.16. The van der Waals surface area contributed by atoms with Gasteiger partial charge in [-0.2, -0.15) is 5.10 Å². The Balaban J connectivity index is 1.94. The molecule has 0 spiro atoms. The first-order valence-corrected chi connectivity index (χ1v) is 6.89. The summed E-state index contributed by atoms with van der Waals surface area (Å²) in [5, 5.41) is 4.17. The van der Waals surface area contributed by atoms with Crippen LogP contribution in [0.2, 0.25) is 0 Å². The second kappa shape index (κ2) is 5.65. The molecule has 1 unspecified atom stereocenters. The Morgan fingerprint density at radius 3 is 2.86 bits per heavy atom. The average molecular weight is 289 g/mol. The number of nitrogen functional groups attached to an aromatic ring is 1. The van der Waals surface area contributed by atoms with E-state index in [0.717, 1.165) is 24.2 Å². The summed E-state index contributed by atoms with van der Waals surface area (Å²) in [6.45, 7) is 1.35. The molecule has 1 fully saturated rings. The van der Waals surface area contributed by atoms with Crippen molar-refractivity contribution in [1.82, 2.24) is 9.78 Å². The minimum absolute atomic E-state index is 0.0698. The summed E-state index contributed by atoms with van der Waals surface area (Å²) in [4.78, 5) is 0. The van der Waals surface area contributed by atoms with Crippen LogP contribution in [0.25, 0.3) is 11.1 Å². The summed E-state index contributed by atoms with van der Waals surface area (Å²) in [5.41, 5.74) is 7.86. The first kappa shape index (κ1) is 13.8. The van der Waals surface area contributed by atoms with Crippen LogP contribution in [-0.2, 0) is 11.8 Å². The lowest BCUT2D eigenvalue weighted by Crippen LogP contribution is -2.16. The number of ether oxygens (including phenoxy) is 3. The van der Waals surface area contributed by atoms with Gasteiger partial charge in [-0.05, 0) is 17.7 Å². The molecule has 1 saturated heterocycles. The van der Waals surface area contributed by atoms with Crippen molar-refractivity contribution < 1.29 is 14.2 Å². The molecule has 1 aromatic carbocycles. The number of hydrogen-bond donors (Lipinski definition) is 1. The summed E-state index contributed by atoms with van der Waals surface area (Å²) < 4.78 is 18.3. The zero-order chi connectivity index (χ0) is 14.8. The Hall–Kier alpha value is -2.21. The predicted molar refractivity (Wildman–Crippen MR) is 79.5 cm³/mol. The van der Waals surface area contributed by atoms with Gasteiger partial charge in [-0.1, -0.05) is 6.07 Å². The smallest absolute Gasteiger partial charge is 0.162 e. The molecule has 112 valence electrons. The quantitative estimate of drug-likeness (QED) is 0.930. The van der Waals surface area contributed by atoms with E-state index in [1.165, 1.54) is 0 Å². The highest BCUT2D eigenvalue weighted by atomic mass is 16.6. The summed E-state index contributed by atoms with van der Waals surface area (Å²) in [5.74, 6) is 2.03. The van der Waals surface area contributed by atoms with Crippen molar-refractivity contribution in [2.75, 3.05) is 26.1 Å². The maximum Gasteiger partial charge on any atom is 0.162 e. The predicted octanol–water partition coefficient (Wildman–Crippen LogP) is 1.85. The molecule has 0 bridgehead atoms. The van der Waals surface area contributed by atoms with Gasteiger partial charge in [0.1, 0.15) is 11.9 Å². The number of anilines is 1. The van der Waals surface area contributed by atoms with E-state index in [2.05, 4.69) is 5.10 Å². The van der Waals surface area contributed by atoms with E-state index in [-0.39, 0.29) is 6.10 Å². The molecule has 3 rings (SSSR count). The summed E-state index contributed by atoms with van der Waals surface area (Å²) in [6.07, 6.45) is 2.71. The van der Waals surface area contributed by atoms with E-state index >= 15 is 0 Å². The largest absolute Gasteiger partial charge is 0.493 e. The van der Waals surface area contributed by atoms with Gasteiger partial charge in [-0.15, -0.1) is 0 Å². The van der Waals surface area contributed by atoms with Crippen molar-refractivity contribution in [2.45, 2.75) is 12.5 Å². The molecular weight excluding hydrogens is 270 g/mol. The zero-order valence-electron chi connectivity index (χ0n) is 12.2. The van der Waals surface area contributed by atoms with Crippen molar-refractivity contribution >= 4 is 5.82 Å². The maximum atomic E-state index is 6.03. The van der Waals surface area contributed by atoms with Crippen LogP contribution < -0.4 is 15.2 Å². The van der Waals surface area contributed by atoms with Gasteiger partial charge >= 0.3 is 0 Å². The summed E-state index contributed by atoms with van der Waals surface area (Å²) in [7, 11) is 3.45. The Morgan fingerprint density at radius 1 is 1.38 bits per heavy atom. The number of nitrogens with zero attached hydrogens (tertiary/aromatic N) is 2. The van der Waals surface area contributed by atoms with Gasteiger partial charge < -0.3 is 19.9 Å². The fourth-order valence-corrected chi connectivity index (χ4v) is 2.39. The molecule has 2 heterocycles. The minimum atomic E-state index is 0.0698. The van der Waals surface area contributed by atoms with Crippen LogP contribution in [0, 0.1) is 0 Å². The van der Waals surface area contributed by atoms with Crippen LogP contribution in [0.3, 0.4) is 0 Å². The van der Waals surface area contributed by atoms with Crippen LogP contribution in [0.15, 0.2) is 24.4 Å². The third-order valence-corrected chi connectivity index (χ3v) is 3.64. The van der Waals surface area contributed by atoms with Crippen molar-refractivity contribution in [2.24, 2.45) is 7.05 Å². The van der Waals surface area contributed by atoms with Crippen LogP contribution in [0.5, 0.6) is 11.5 Å². The van der Waals surface area contributed by atoms with Crippen LogP contribution in [0.4, 0.5) is 5.82 Å². The number of aryl methyl sites for hydroxylation is 1. The topological polar surface area (TPSA) is 71.5 Å². The molecule has 6 nitrogen and oxygen atoms in total. The average Bonchev–Trinajstić information content (AvgIpc) is 3.11. The Morgan fingerprint density at radius 2 is 2.24 bits per heavy atom. The van der Waals surface area contributed by atoms with Crippen molar-refractivity contribution in [1.29, 1.82) is 0 Å². The third-order valence-electron chi connectivity index (χ3n) is 3.64. The first-order chi connectivity index (χ1) is 10.2. The van der Waals surface area contributed by atoms with E-state index in [0.29, 0.717) is 23.9 Å². The lowest BCUT2D eigenvalue weighted by molar-refractivity contribution is 0.138. The molecule has 1 aromatic heterocycles. The molecule has 1 atom stereocenters. The van der Waals surface area contributed by atoms with Gasteiger partial charge in [0.15, 0.2) is 11.5 Å². The molecular formula is C15H19N3O3. The molecule has 6 heteroatoms. The lowest BCUT2D eigenvalue weighted by atomic mass is 10.1. The molecule has 21 heavy (non-hydrogen) atoms. The van der Waals surface area contributed by atoms with Gasteiger partial charge in [0, 0.05) is 19.0 Å². The molecule has 0 aliphatic carbocycles.